The second-order valence-corrected chi connectivity index (χ2v) is 4.38. The quantitative estimate of drug-likeness (QED) is 0.582. The Morgan fingerprint density at radius 3 is 3.00 bits per heavy atom. The Labute approximate surface area is 75.3 Å². The van der Waals surface area contributed by atoms with Gasteiger partial charge in [0.25, 0.3) is 0 Å². The molecule has 0 saturated carbocycles. The van der Waals surface area contributed by atoms with Gasteiger partial charge in [-0.3, -0.25) is 0 Å². The normalized spacial score (nSPS) is 44.0. The van der Waals surface area contributed by atoms with Crippen molar-refractivity contribution < 1.29 is 0 Å². The Morgan fingerprint density at radius 1 is 1.33 bits per heavy atom. The van der Waals surface area contributed by atoms with Gasteiger partial charge in [0.15, 0.2) is 0 Å². The Bertz CT molecular complexity index is 156. The molecule has 0 bridgehead atoms. The molecule has 2 aliphatic rings. The van der Waals surface area contributed by atoms with Gasteiger partial charge in [0.2, 0.25) is 0 Å². The third-order valence-corrected chi connectivity index (χ3v) is 3.75. The number of nitrogens with one attached hydrogen (secondary N) is 1. The molecular weight excluding hydrogens is 148 g/mol. The number of hydrogen-bond acceptors (Lipinski definition) is 2. The fourth-order valence-electron chi connectivity index (χ4n) is 2.74. The molecule has 3 atom stereocenters. The van der Waals surface area contributed by atoms with E-state index >= 15 is 0 Å². The van der Waals surface area contributed by atoms with E-state index in [1.54, 1.807) is 0 Å². The maximum atomic E-state index is 3.65. The highest BCUT2D eigenvalue weighted by atomic mass is 15.2. The monoisotopic (exact) mass is 168 g/mol. The van der Waals surface area contributed by atoms with Gasteiger partial charge >= 0.3 is 0 Å². The molecular formula is C10H20N2. The molecule has 2 saturated heterocycles. The number of likely N-dealkylation sites (tertiary alicyclic amines) is 1. The Morgan fingerprint density at radius 2 is 2.17 bits per heavy atom. The van der Waals surface area contributed by atoms with Crippen molar-refractivity contribution in [3.8, 4) is 0 Å². The lowest BCUT2D eigenvalue weighted by atomic mass is 9.80. The number of piperidine rings is 2. The molecule has 2 aliphatic heterocycles. The summed E-state index contributed by atoms with van der Waals surface area (Å²) in [5, 5.41) is 3.65. The molecule has 2 heteroatoms. The van der Waals surface area contributed by atoms with Crippen molar-refractivity contribution in [1.29, 1.82) is 0 Å². The highest BCUT2D eigenvalue weighted by Gasteiger charge is 2.34. The second-order valence-electron chi connectivity index (χ2n) is 4.38. The van der Waals surface area contributed by atoms with Crippen molar-refractivity contribution in [3.63, 3.8) is 0 Å². The maximum absolute atomic E-state index is 3.65. The van der Waals surface area contributed by atoms with Crippen LogP contribution in [0.15, 0.2) is 0 Å². The largest absolute Gasteiger partial charge is 0.314 e. The van der Waals surface area contributed by atoms with Gasteiger partial charge in [0.1, 0.15) is 0 Å². The zero-order valence-electron chi connectivity index (χ0n) is 8.21. The van der Waals surface area contributed by atoms with E-state index in [1.165, 1.54) is 32.4 Å². The van der Waals surface area contributed by atoms with Gasteiger partial charge in [0.05, 0.1) is 0 Å². The minimum absolute atomic E-state index is 0.788. The first-order chi connectivity index (χ1) is 5.79. The summed E-state index contributed by atoms with van der Waals surface area (Å²) in [7, 11) is 2.26. The van der Waals surface area contributed by atoms with Gasteiger partial charge in [-0.25, -0.2) is 0 Å². The molecule has 2 nitrogen and oxygen atoms in total. The molecule has 2 heterocycles. The first-order valence-corrected chi connectivity index (χ1v) is 5.22. The van der Waals surface area contributed by atoms with Gasteiger partial charge in [-0.2, -0.15) is 0 Å². The molecule has 70 valence electrons. The smallest absolute Gasteiger partial charge is 0.0122 e. The lowest BCUT2D eigenvalue weighted by Gasteiger charge is -2.45. The summed E-state index contributed by atoms with van der Waals surface area (Å²) in [6.45, 7) is 4.90. The highest BCUT2D eigenvalue weighted by molar-refractivity contribution is 4.92. The summed E-state index contributed by atoms with van der Waals surface area (Å²) in [5.74, 6) is 0.914. The number of nitrogens with zero attached hydrogens (tertiary/aromatic N) is 1. The Kier molecular flexibility index (Phi) is 2.37. The Balaban J connectivity index is 2.03. The fourth-order valence-corrected chi connectivity index (χ4v) is 2.74. The predicted octanol–water partition coefficient (Wildman–Crippen LogP) is 1.08. The second kappa shape index (κ2) is 3.35. The predicted molar refractivity (Wildman–Crippen MR) is 51.2 cm³/mol. The van der Waals surface area contributed by atoms with Crippen LogP contribution < -0.4 is 5.32 Å². The maximum Gasteiger partial charge on any atom is 0.0122 e. The van der Waals surface area contributed by atoms with E-state index in [0.717, 1.165) is 18.0 Å². The van der Waals surface area contributed by atoms with Crippen LogP contribution in [0.5, 0.6) is 0 Å². The number of hydrogen-bond donors (Lipinski definition) is 1. The van der Waals surface area contributed by atoms with Crippen molar-refractivity contribution in [2.24, 2.45) is 5.92 Å². The van der Waals surface area contributed by atoms with Crippen molar-refractivity contribution in [3.05, 3.63) is 0 Å². The average molecular weight is 168 g/mol. The highest BCUT2D eigenvalue weighted by Crippen LogP contribution is 2.28. The minimum Gasteiger partial charge on any atom is -0.314 e. The molecule has 0 amide bonds. The fraction of sp³-hybridized carbons (Fsp3) is 1.00. The third kappa shape index (κ3) is 1.38. The molecule has 2 rings (SSSR count). The van der Waals surface area contributed by atoms with Crippen LogP contribution in [0.3, 0.4) is 0 Å². The zero-order chi connectivity index (χ0) is 8.55. The van der Waals surface area contributed by atoms with E-state index in [0.29, 0.717) is 0 Å². The van der Waals surface area contributed by atoms with Gasteiger partial charge in [-0.05, 0) is 52.2 Å². The number of fused-ring (bicyclic) bond motifs is 1. The minimum atomic E-state index is 0.788. The van der Waals surface area contributed by atoms with Gasteiger partial charge in [-0.15, -0.1) is 0 Å². The first-order valence-electron chi connectivity index (χ1n) is 5.22. The summed E-state index contributed by atoms with van der Waals surface area (Å²) in [5.41, 5.74) is 0. The van der Waals surface area contributed by atoms with E-state index < -0.39 is 0 Å². The molecule has 12 heavy (non-hydrogen) atoms. The van der Waals surface area contributed by atoms with Crippen molar-refractivity contribution >= 4 is 0 Å². The van der Waals surface area contributed by atoms with Gasteiger partial charge in [-0.1, -0.05) is 0 Å². The molecule has 0 aromatic heterocycles. The third-order valence-electron chi connectivity index (χ3n) is 3.75. The van der Waals surface area contributed by atoms with Crippen LogP contribution in [0.4, 0.5) is 0 Å². The first kappa shape index (κ1) is 8.52. The van der Waals surface area contributed by atoms with Crippen LogP contribution in [0.2, 0.25) is 0 Å². The summed E-state index contributed by atoms with van der Waals surface area (Å²) < 4.78 is 0. The molecule has 0 aliphatic carbocycles. The molecule has 3 unspecified atom stereocenters. The lowest BCUT2D eigenvalue weighted by Crippen LogP contribution is -2.55. The molecule has 1 N–H and O–H groups in total. The van der Waals surface area contributed by atoms with Gasteiger partial charge in [0, 0.05) is 12.1 Å². The zero-order valence-corrected chi connectivity index (χ0v) is 8.21. The SMILES string of the molecule is CC1C2CCCNC2CCN1C. The van der Waals surface area contributed by atoms with E-state index in [9.17, 15) is 0 Å². The summed E-state index contributed by atoms with van der Waals surface area (Å²) in [6, 6.07) is 1.61. The van der Waals surface area contributed by atoms with E-state index in [1.807, 2.05) is 0 Å². The van der Waals surface area contributed by atoms with Crippen LogP contribution in [-0.4, -0.2) is 37.1 Å². The van der Waals surface area contributed by atoms with Crippen LogP contribution in [0, 0.1) is 5.92 Å². The van der Waals surface area contributed by atoms with Crippen molar-refractivity contribution in [2.75, 3.05) is 20.1 Å². The summed E-state index contributed by atoms with van der Waals surface area (Å²) in [6.07, 6.45) is 4.16. The van der Waals surface area contributed by atoms with Crippen LogP contribution >= 0.6 is 0 Å². The average Bonchev–Trinajstić information content (AvgIpc) is 2.12. The van der Waals surface area contributed by atoms with Crippen LogP contribution in [0.25, 0.3) is 0 Å². The summed E-state index contributed by atoms with van der Waals surface area (Å²) >= 11 is 0. The van der Waals surface area contributed by atoms with Crippen molar-refractivity contribution in [1.82, 2.24) is 10.2 Å². The van der Waals surface area contributed by atoms with Crippen molar-refractivity contribution in [2.45, 2.75) is 38.3 Å². The topological polar surface area (TPSA) is 15.3 Å². The molecule has 0 aromatic rings. The van der Waals surface area contributed by atoms with E-state index in [-0.39, 0.29) is 0 Å². The lowest BCUT2D eigenvalue weighted by molar-refractivity contribution is 0.0771. The van der Waals surface area contributed by atoms with E-state index in [2.05, 4.69) is 24.2 Å². The van der Waals surface area contributed by atoms with Crippen LogP contribution in [0.1, 0.15) is 26.2 Å². The number of rotatable bonds is 0. The molecule has 0 spiro atoms. The van der Waals surface area contributed by atoms with Crippen LogP contribution in [-0.2, 0) is 0 Å². The molecule has 2 fully saturated rings. The Hall–Kier alpha value is -0.0800. The van der Waals surface area contributed by atoms with Gasteiger partial charge < -0.3 is 10.2 Å². The standard InChI is InChI=1S/C10H20N2/c1-8-9-4-3-6-11-10(9)5-7-12(8)2/h8-11H,3-7H2,1-2H3. The molecule has 0 aromatic carbocycles. The van der Waals surface area contributed by atoms with E-state index in [4.69, 9.17) is 0 Å². The summed E-state index contributed by atoms with van der Waals surface area (Å²) in [4.78, 5) is 2.51. The molecule has 0 radical (unpaired) electrons.